The Kier molecular flexibility index (Phi) is 4.54. The molecule has 0 spiro atoms. The van der Waals surface area contributed by atoms with Gasteiger partial charge in [0.2, 0.25) is 5.91 Å². The summed E-state index contributed by atoms with van der Waals surface area (Å²) in [7, 11) is 0. The van der Waals surface area contributed by atoms with Crippen LogP contribution in [0.3, 0.4) is 0 Å². The first-order valence-electron chi connectivity index (χ1n) is 8.87. The molecule has 2 aromatic heterocycles. The van der Waals surface area contributed by atoms with Crippen LogP contribution in [0.4, 0.5) is 0 Å². The minimum Gasteiger partial charge on any atom is -0.390 e. The Morgan fingerprint density at radius 3 is 2.92 bits per heavy atom. The molecule has 1 aliphatic carbocycles. The largest absolute Gasteiger partial charge is 0.390 e. The highest BCUT2D eigenvalue weighted by atomic mass is 16.3. The van der Waals surface area contributed by atoms with E-state index < -0.39 is 6.10 Å². The predicted octanol–water partition coefficient (Wildman–Crippen LogP) is 0.258. The molecule has 3 N–H and O–H groups in total. The Balaban J connectivity index is 1.34. The maximum absolute atomic E-state index is 12.4. The van der Waals surface area contributed by atoms with Crippen LogP contribution in [0.25, 0.3) is 0 Å². The molecule has 4 rings (SSSR count). The predicted molar refractivity (Wildman–Crippen MR) is 90.7 cm³/mol. The van der Waals surface area contributed by atoms with Crippen molar-refractivity contribution in [3.8, 4) is 0 Å². The number of H-pyrrole nitrogens is 2. The molecule has 0 bridgehead atoms. The minimum atomic E-state index is -0.543. The number of nitrogens with zero attached hydrogens (tertiary/aromatic N) is 4. The number of hydrogen-bond acceptors (Lipinski definition) is 5. The Hall–Kier alpha value is -2.19. The topological polar surface area (TPSA) is 101 Å². The van der Waals surface area contributed by atoms with Crippen molar-refractivity contribution < 1.29 is 9.90 Å². The highest BCUT2D eigenvalue weighted by Crippen LogP contribution is 2.39. The molecule has 134 valence electrons. The van der Waals surface area contributed by atoms with Crippen LogP contribution in [-0.4, -0.2) is 73.3 Å². The highest BCUT2D eigenvalue weighted by molar-refractivity contribution is 5.78. The van der Waals surface area contributed by atoms with E-state index in [1.165, 1.54) is 12.8 Å². The van der Waals surface area contributed by atoms with Gasteiger partial charge < -0.3 is 15.0 Å². The average Bonchev–Trinajstić information content (AvgIpc) is 3.18. The van der Waals surface area contributed by atoms with Crippen LogP contribution in [0, 0.1) is 0 Å². The SMILES string of the molecule is O=C(Cc1cnc[nH]1)N1CCN(Cc2cc(C3CC3)n[nH]2)C[C@@H](O)C1. The van der Waals surface area contributed by atoms with Crippen LogP contribution in [0.2, 0.25) is 0 Å². The van der Waals surface area contributed by atoms with Gasteiger partial charge in [0, 0.05) is 56.2 Å². The van der Waals surface area contributed by atoms with Crippen molar-refractivity contribution in [2.45, 2.75) is 37.8 Å². The van der Waals surface area contributed by atoms with Crippen LogP contribution in [0.15, 0.2) is 18.6 Å². The van der Waals surface area contributed by atoms with Crippen LogP contribution in [0.1, 0.15) is 35.8 Å². The zero-order valence-corrected chi connectivity index (χ0v) is 14.2. The lowest BCUT2D eigenvalue weighted by Gasteiger charge is -2.21. The van der Waals surface area contributed by atoms with Gasteiger partial charge in [0.15, 0.2) is 0 Å². The first-order chi connectivity index (χ1) is 12.2. The standard InChI is InChI=1S/C17H24N6O2/c24-15-9-22(8-14-5-16(21-20-14)12-1-2-12)3-4-23(10-15)17(25)6-13-7-18-11-19-13/h5,7,11-12,15,24H,1-4,6,8-10H2,(H,18,19)(H,20,21)/t15-/m1/s1. The number of nitrogens with one attached hydrogen (secondary N) is 2. The Bertz CT molecular complexity index is 709. The van der Waals surface area contributed by atoms with Crippen molar-refractivity contribution in [1.29, 1.82) is 0 Å². The lowest BCUT2D eigenvalue weighted by Crippen LogP contribution is -2.38. The summed E-state index contributed by atoms with van der Waals surface area (Å²) < 4.78 is 0. The molecular formula is C17H24N6O2. The van der Waals surface area contributed by atoms with Gasteiger partial charge in [-0.25, -0.2) is 4.98 Å². The Morgan fingerprint density at radius 2 is 2.16 bits per heavy atom. The summed E-state index contributed by atoms with van der Waals surface area (Å²) in [5.74, 6) is 0.651. The maximum Gasteiger partial charge on any atom is 0.228 e. The van der Waals surface area contributed by atoms with E-state index in [9.17, 15) is 9.90 Å². The van der Waals surface area contributed by atoms with Crippen molar-refractivity contribution in [2.24, 2.45) is 0 Å². The summed E-state index contributed by atoms with van der Waals surface area (Å²) in [6, 6.07) is 2.14. The second kappa shape index (κ2) is 6.97. The zero-order chi connectivity index (χ0) is 17.2. The average molecular weight is 344 g/mol. The van der Waals surface area contributed by atoms with Gasteiger partial charge in [-0.3, -0.25) is 14.8 Å². The van der Waals surface area contributed by atoms with Crippen LogP contribution < -0.4 is 0 Å². The summed E-state index contributed by atoms with van der Waals surface area (Å²) in [4.78, 5) is 23.3. The Morgan fingerprint density at radius 1 is 1.28 bits per heavy atom. The summed E-state index contributed by atoms with van der Waals surface area (Å²) in [6.07, 6.45) is 5.45. The number of carbonyl (C=O) groups excluding carboxylic acids is 1. The van der Waals surface area contributed by atoms with Crippen LogP contribution in [0.5, 0.6) is 0 Å². The third-order valence-electron chi connectivity index (χ3n) is 4.88. The van der Waals surface area contributed by atoms with Gasteiger partial charge in [-0.1, -0.05) is 0 Å². The Labute approximate surface area is 146 Å². The van der Waals surface area contributed by atoms with Crippen molar-refractivity contribution >= 4 is 5.91 Å². The smallest absolute Gasteiger partial charge is 0.228 e. The van der Waals surface area contributed by atoms with E-state index >= 15 is 0 Å². The number of aliphatic hydroxyl groups excluding tert-OH is 1. The fourth-order valence-corrected chi connectivity index (χ4v) is 3.37. The van der Waals surface area contributed by atoms with Gasteiger partial charge >= 0.3 is 0 Å². The van der Waals surface area contributed by atoms with Crippen LogP contribution >= 0.6 is 0 Å². The quantitative estimate of drug-likeness (QED) is 0.722. The number of β-amino-alcohol motifs (C(OH)–C–C–N with tert-alkyl or cyclic N) is 1. The van der Waals surface area contributed by atoms with Crippen molar-refractivity contribution in [1.82, 2.24) is 30.0 Å². The first-order valence-corrected chi connectivity index (χ1v) is 8.87. The molecule has 0 aromatic carbocycles. The molecule has 1 aliphatic heterocycles. The number of hydrogen-bond donors (Lipinski definition) is 3. The molecule has 0 radical (unpaired) electrons. The molecule has 1 atom stereocenters. The second-order valence-corrected chi connectivity index (χ2v) is 7.07. The summed E-state index contributed by atoms with van der Waals surface area (Å²) in [6.45, 7) is 3.02. The van der Waals surface area contributed by atoms with Crippen molar-refractivity contribution in [3.63, 3.8) is 0 Å². The highest BCUT2D eigenvalue weighted by Gasteiger charge is 2.27. The van der Waals surface area contributed by atoms with E-state index in [2.05, 4.69) is 31.1 Å². The van der Waals surface area contributed by atoms with Gasteiger partial charge in [0.05, 0.1) is 24.5 Å². The third-order valence-corrected chi connectivity index (χ3v) is 4.88. The van der Waals surface area contributed by atoms with Crippen molar-refractivity contribution in [3.05, 3.63) is 35.7 Å². The number of aliphatic hydroxyl groups is 1. The van der Waals surface area contributed by atoms with Gasteiger partial charge in [0.1, 0.15) is 0 Å². The minimum absolute atomic E-state index is 0.0164. The monoisotopic (exact) mass is 344 g/mol. The lowest BCUT2D eigenvalue weighted by molar-refractivity contribution is -0.131. The van der Waals surface area contributed by atoms with Gasteiger partial charge in [-0.2, -0.15) is 5.10 Å². The third kappa shape index (κ3) is 4.08. The van der Waals surface area contributed by atoms with E-state index in [1.54, 1.807) is 17.4 Å². The van der Waals surface area contributed by atoms with Crippen molar-refractivity contribution in [2.75, 3.05) is 26.2 Å². The normalized spacial score (nSPS) is 22.1. The number of imidazole rings is 1. The number of rotatable bonds is 5. The fourth-order valence-electron chi connectivity index (χ4n) is 3.37. The molecular weight excluding hydrogens is 320 g/mol. The number of aromatic nitrogens is 4. The first kappa shape index (κ1) is 16.3. The summed E-state index contributed by atoms with van der Waals surface area (Å²) >= 11 is 0. The molecule has 2 aromatic rings. The molecule has 25 heavy (non-hydrogen) atoms. The lowest BCUT2D eigenvalue weighted by atomic mass is 10.2. The molecule has 2 aliphatic rings. The number of carbonyl (C=O) groups is 1. The molecule has 0 unspecified atom stereocenters. The number of amides is 1. The van der Waals surface area contributed by atoms with Gasteiger partial charge in [-0.05, 0) is 18.9 Å². The van der Waals surface area contributed by atoms with E-state index in [0.29, 0.717) is 25.6 Å². The van der Waals surface area contributed by atoms with Gasteiger partial charge in [-0.15, -0.1) is 0 Å². The molecule has 1 saturated heterocycles. The van der Waals surface area contributed by atoms with Crippen LogP contribution in [-0.2, 0) is 17.8 Å². The maximum atomic E-state index is 12.4. The molecule has 3 heterocycles. The molecule has 1 saturated carbocycles. The summed E-state index contributed by atoms with van der Waals surface area (Å²) in [5.41, 5.74) is 3.03. The van der Waals surface area contributed by atoms with E-state index in [0.717, 1.165) is 30.2 Å². The molecule has 8 heteroatoms. The zero-order valence-electron chi connectivity index (χ0n) is 14.2. The van der Waals surface area contributed by atoms with E-state index in [-0.39, 0.29) is 12.3 Å². The molecule has 1 amide bonds. The summed E-state index contributed by atoms with van der Waals surface area (Å²) in [5, 5.41) is 17.8. The molecule has 2 fully saturated rings. The second-order valence-electron chi connectivity index (χ2n) is 7.07. The van der Waals surface area contributed by atoms with E-state index in [1.807, 2.05) is 0 Å². The number of aromatic amines is 2. The molecule has 8 nitrogen and oxygen atoms in total. The van der Waals surface area contributed by atoms with Gasteiger partial charge in [0.25, 0.3) is 0 Å². The fraction of sp³-hybridized carbons (Fsp3) is 0.588. The van der Waals surface area contributed by atoms with E-state index in [4.69, 9.17) is 0 Å².